The van der Waals surface area contributed by atoms with E-state index >= 15 is 0 Å². The molecule has 0 aliphatic carbocycles. The van der Waals surface area contributed by atoms with Crippen LogP contribution in [0.15, 0.2) is 108 Å². The molecule has 0 amide bonds. The molecule has 0 aliphatic rings. The summed E-state index contributed by atoms with van der Waals surface area (Å²) in [4.78, 5) is 2.30. The molecule has 0 atom stereocenters. The van der Waals surface area contributed by atoms with Gasteiger partial charge in [0.15, 0.2) is 0 Å². The molecular weight excluding hydrogens is 491 g/mol. The molecular formula is C27H17BF4OS2. The summed E-state index contributed by atoms with van der Waals surface area (Å²) in [6.07, 6.45) is 0. The Bertz CT molecular complexity index is 1440. The van der Waals surface area contributed by atoms with Crippen LogP contribution in [0.4, 0.5) is 17.3 Å². The second-order valence-electron chi connectivity index (χ2n) is 7.73. The smallest absolute Gasteiger partial charge is 0.418 e. The fourth-order valence-corrected chi connectivity index (χ4v) is 5.78. The zero-order valence-electron chi connectivity index (χ0n) is 18.1. The highest BCUT2D eigenvalue weighted by Crippen LogP contribution is 2.40. The van der Waals surface area contributed by atoms with Crippen molar-refractivity contribution in [3.05, 3.63) is 103 Å². The molecule has 6 aromatic rings. The maximum atomic E-state index is 9.75. The quantitative estimate of drug-likeness (QED) is 0.132. The van der Waals surface area contributed by atoms with Crippen LogP contribution in [-0.4, -0.2) is 7.25 Å². The molecule has 0 radical (unpaired) electrons. The molecule has 0 bridgehead atoms. The van der Waals surface area contributed by atoms with Crippen molar-refractivity contribution < 1.29 is 21.7 Å². The predicted octanol–water partition coefficient (Wildman–Crippen LogP) is 10.3. The van der Waals surface area contributed by atoms with Gasteiger partial charge in [-0.1, -0.05) is 66.7 Å². The second kappa shape index (κ2) is 9.64. The van der Waals surface area contributed by atoms with Crippen molar-refractivity contribution >= 4 is 50.1 Å². The molecule has 35 heavy (non-hydrogen) atoms. The summed E-state index contributed by atoms with van der Waals surface area (Å²) in [6.45, 7) is 0. The molecule has 0 unspecified atom stereocenters. The third-order valence-corrected chi connectivity index (χ3v) is 7.50. The van der Waals surface area contributed by atoms with E-state index < -0.39 is 7.25 Å². The van der Waals surface area contributed by atoms with E-state index in [0.717, 1.165) is 21.3 Å². The maximum absolute atomic E-state index is 9.75. The van der Waals surface area contributed by atoms with Crippen LogP contribution < -0.4 is 0 Å². The number of hydrogen-bond acceptors (Lipinski definition) is 2. The Kier molecular flexibility index (Phi) is 6.41. The van der Waals surface area contributed by atoms with Gasteiger partial charge >= 0.3 is 18.8 Å². The highest BCUT2D eigenvalue weighted by atomic mass is 32.1. The molecule has 0 spiro atoms. The van der Waals surface area contributed by atoms with Gasteiger partial charge in [0.1, 0.15) is 9.75 Å². The van der Waals surface area contributed by atoms with E-state index in [2.05, 4.69) is 103 Å². The Balaban J connectivity index is 0.000000464. The average Bonchev–Trinajstić information content (AvgIpc) is 3.48. The minimum atomic E-state index is -6.00. The van der Waals surface area contributed by atoms with Crippen LogP contribution in [0.2, 0.25) is 0 Å². The predicted molar refractivity (Wildman–Crippen MR) is 140 cm³/mol. The molecule has 0 N–H and O–H groups in total. The molecule has 0 aliphatic heterocycles. The summed E-state index contributed by atoms with van der Waals surface area (Å²) >= 11 is 3.55. The van der Waals surface area contributed by atoms with E-state index in [1.165, 1.54) is 31.3 Å². The van der Waals surface area contributed by atoms with Gasteiger partial charge < -0.3 is 17.3 Å². The molecule has 3 aromatic heterocycles. The van der Waals surface area contributed by atoms with Gasteiger partial charge in [0.2, 0.25) is 0 Å². The number of fused-ring (bicyclic) bond motifs is 2. The van der Waals surface area contributed by atoms with Crippen LogP contribution in [0, 0.1) is 0 Å². The first kappa shape index (κ1) is 23.3. The van der Waals surface area contributed by atoms with Crippen LogP contribution >= 0.6 is 22.7 Å². The van der Waals surface area contributed by atoms with Crippen molar-refractivity contribution in [2.75, 3.05) is 0 Å². The lowest BCUT2D eigenvalue weighted by Crippen LogP contribution is -2.02. The van der Waals surface area contributed by atoms with Gasteiger partial charge in [-0.2, -0.15) is 0 Å². The normalized spacial score (nSPS) is 11.4. The number of benzene rings is 3. The van der Waals surface area contributed by atoms with Crippen molar-refractivity contribution in [3.8, 4) is 32.4 Å². The molecule has 174 valence electrons. The van der Waals surface area contributed by atoms with Gasteiger partial charge in [-0.05, 0) is 40.6 Å². The summed E-state index contributed by atoms with van der Waals surface area (Å²) in [5, 5.41) is 2.50. The molecule has 0 saturated carbocycles. The van der Waals surface area contributed by atoms with E-state index in [9.17, 15) is 17.3 Å². The number of thiophene rings is 2. The molecule has 6 rings (SSSR count). The molecule has 3 aromatic carbocycles. The minimum absolute atomic E-state index is 0.907. The van der Waals surface area contributed by atoms with Gasteiger partial charge in [-0.15, -0.1) is 22.7 Å². The maximum Gasteiger partial charge on any atom is 0.673 e. The standard InChI is InChI=1S/C27H17OS2.BF4/c1-2-8-18(9-3-1)21-14-22(26-16-19-10-4-6-12-24(19)29-26)28-23(15-21)27-17-20-11-5-7-13-25(20)30-27;2-1(3,4)5/h1-17H;/q+1;-1. The molecule has 1 nitrogen and oxygen atoms in total. The highest BCUT2D eigenvalue weighted by molar-refractivity contribution is 7.22. The van der Waals surface area contributed by atoms with E-state index in [4.69, 9.17) is 4.42 Å². The number of rotatable bonds is 3. The summed E-state index contributed by atoms with van der Waals surface area (Å²) in [5.41, 5.74) is 2.36. The molecule has 0 fully saturated rings. The Morgan fingerprint density at radius 2 is 0.943 bits per heavy atom. The van der Waals surface area contributed by atoms with Crippen LogP contribution in [0.25, 0.3) is 52.6 Å². The van der Waals surface area contributed by atoms with Gasteiger partial charge in [0, 0.05) is 15.0 Å². The minimum Gasteiger partial charge on any atom is -0.418 e. The molecule has 8 heteroatoms. The first-order valence-electron chi connectivity index (χ1n) is 10.7. The first-order valence-corrected chi connectivity index (χ1v) is 12.4. The first-order chi connectivity index (χ1) is 16.8. The third kappa shape index (κ3) is 5.61. The lowest BCUT2D eigenvalue weighted by atomic mass is 10.0. The van der Waals surface area contributed by atoms with Crippen LogP contribution in [-0.2, 0) is 0 Å². The second-order valence-corrected chi connectivity index (χ2v) is 9.90. The topological polar surface area (TPSA) is 11.3 Å². The fraction of sp³-hybridized carbons (Fsp3) is 0. The Morgan fingerprint density at radius 3 is 1.40 bits per heavy atom. The van der Waals surface area contributed by atoms with Crippen molar-refractivity contribution in [3.63, 3.8) is 0 Å². The zero-order valence-corrected chi connectivity index (χ0v) is 19.8. The zero-order chi connectivity index (χ0) is 24.4. The van der Waals surface area contributed by atoms with Crippen molar-refractivity contribution in [2.45, 2.75) is 0 Å². The van der Waals surface area contributed by atoms with Gasteiger partial charge in [-0.3, -0.25) is 0 Å². The summed E-state index contributed by atoms with van der Waals surface area (Å²) in [7, 11) is -6.00. The molecule has 3 heterocycles. The van der Waals surface area contributed by atoms with Crippen molar-refractivity contribution in [1.82, 2.24) is 0 Å². The van der Waals surface area contributed by atoms with Crippen LogP contribution in [0.3, 0.4) is 0 Å². The van der Waals surface area contributed by atoms with E-state index in [1.54, 1.807) is 22.7 Å². The van der Waals surface area contributed by atoms with E-state index in [1.807, 2.05) is 0 Å². The Labute approximate surface area is 207 Å². The van der Waals surface area contributed by atoms with Gasteiger partial charge in [0.25, 0.3) is 0 Å². The lowest BCUT2D eigenvalue weighted by Gasteiger charge is -2.00. The monoisotopic (exact) mass is 508 g/mol. The SMILES string of the molecule is F[B-](F)(F)F.c1ccc(-c2cc(-c3cc4ccccc4s3)[o+]c(-c3cc4ccccc4s3)c2)cc1. The van der Waals surface area contributed by atoms with Crippen molar-refractivity contribution in [2.24, 2.45) is 0 Å². The lowest BCUT2D eigenvalue weighted by molar-refractivity contribution is 0.368. The fourth-order valence-electron chi connectivity index (χ4n) is 3.75. The van der Waals surface area contributed by atoms with Crippen LogP contribution in [0.1, 0.15) is 0 Å². The Morgan fingerprint density at radius 1 is 0.514 bits per heavy atom. The van der Waals surface area contributed by atoms with E-state index in [0.29, 0.717) is 0 Å². The number of halogens is 4. The van der Waals surface area contributed by atoms with Gasteiger partial charge in [0.05, 0.1) is 12.1 Å². The van der Waals surface area contributed by atoms with Crippen molar-refractivity contribution in [1.29, 1.82) is 0 Å². The molecule has 0 saturated heterocycles. The number of hydrogen-bond donors (Lipinski definition) is 0. The average molecular weight is 508 g/mol. The third-order valence-electron chi connectivity index (χ3n) is 5.24. The van der Waals surface area contributed by atoms with E-state index in [-0.39, 0.29) is 0 Å². The summed E-state index contributed by atoms with van der Waals surface area (Å²) in [5.74, 6) is 1.81. The van der Waals surface area contributed by atoms with Gasteiger partial charge in [-0.25, -0.2) is 4.42 Å². The summed E-state index contributed by atoms with van der Waals surface area (Å²) in [6, 6.07) is 36.3. The highest BCUT2D eigenvalue weighted by Gasteiger charge is 2.24. The summed E-state index contributed by atoms with van der Waals surface area (Å²) < 4.78 is 48.0. The largest absolute Gasteiger partial charge is 0.673 e. The van der Waals surface area contributed by atoms with Crippen LogP contribution in [0.5, 0.6) is 0 Å². The Hall–Kier alpha value is -3.49.